The summed E-state index contributed by atoms with van der Waals surface area (Å²) in [5.74, 6) is 5.47. The third-order valence-electron chi connectivity index (χ3n) is 5.74. The predicted molar refractivity (Wildman–Crippen MR) is 135 cm³/mol. The maximum atomic E-state index is 12.6. The summed E-state index contributed by atoms with van der Waals surface area (Å²) < 4.78 is 60.6. The number of nitrogens with two attached hydrogens (primary N) is 2. The average Bonchev–Trinajstić information content (AvgIpc) is 2.77. The molecule has 12 heteroatoms. The lowest BCUT2D eigenvalue weighted by Crippen LogP contribution is -2.45. The van der Waals surface area contributed by atoms with E-state index in [1.807, 2.05) is 7.05 Å². The van der Waals surface area contributed by atoms with Gasteiger partial charge in [-0.1, -0.05) is 37.6 Å². The SMILES string of the molecule is CCS(=O)(=O)c1ccc(Cl)cc1C(F)(F)F.CNC(/C(N)=N/NN)C(C)c1c(C)ccc(C)c1C. The van der Waals surface area contributed by atoms with Gasteiger partial charge in [-0.25, -0.2) is 19.8 Å². The number of hydrazone groups is 1. The van der Waals surface area contributed by atoms with Gasteiger partial charge in [0.1, 0.15) is 5.84 Å². The Hall–Kier alpha value is -2.34. The molecule has 0 aromatic heterocycles. The number of aryl methyl sites for hydroxylation is 2. The molecule has 196 valence electrons. The first-order valence-electron chi connectivity index (χ1n) is 10.7. The van der Waals surface area contributed by atoms with Gasteiger partial charge in [-0.15, -0.1) is 0 Å². The van der Waals surface area contributed by atoms with E-state index in [4.69, 9.17) is 23.2 Å². The van der Waals surface area contributed by atoms with Crippen molar-refractivity contribution in [1.29, 1.82) is 0 Å². The Morgan fingerprint density at radius 1 is 1.14 bits per heavy atom. The fraction of sp³-hybridized carbons (Fsp3) is 0.435. The largest absolute Gasteiger partial charge is 0.417 e. The number of rotatable bonds is 7. The van der Waals surface area contributed by atoms with E-state index in [-0.39, 0.29) is 17.0 Å². The molecule has 7 nitrogen and oxygen atoms in total. The minimum atomic E-state index is -4.73. The van der Waals surface area contributed by atoms with Gasteiger partial charge in [-0.05, 0) is 68.3 Å². The van der Waals surface area contributed by atoms with Gasteiger partial charge < -0.3 is 11.1 Å². The van der Waals surface area contributed by atoms with Crippen LogP contribution in [0.1, 0.15) is 47.6 Å². The van der Waals surface area contributed by atoms with Gasteiger partial charge in [-0.2, -0.15) is 18.3 Å². The molecule has 0 spiro atoms. The Kier molecular flexibility index (Phi) is 11.0. The van der Waals surface area contributed by atoms with Crippen LogP contribution in [0.3, 0.4) is 0 Å². The molecule has 2 aromatic carbocycles. The van der Waals surface area contributed by atoms with E-state index in [0.717, 1.165) is 12.1 Å². The molecule has 0 radical (unpaired) electrons. The Bertz CT molecular complexity index is 1150. The molecule has 6 N–H and O–H groups in total. The summed E-state index contributed by atoms with van der Waals surface area (Å²) in [7, 11) is -2.03. The van der Waals surface area contributed by atoms with Gasteiger partial charge in [0.05, 0.1) is 22.3 Å². The van der Waals surface area contributed by atoms with E-state index in [0.29, 0.717) is 11.9 Å². The highest BCUT2D eigenvalue weighted by Gasteiger charge is 2.36. The van der Waals surface area contributed by atoms with Crippen LogP contribution in [0.25, 0.3) is 0 Å². The summed E-state index contributed by atoms with van der Waals surface area (Å²) >= 11 is 5.42. The highest BCUT2D eigenvalue weighted by atomic mass is 35.5. The van der Waals surface area contributed by atoms with Crippen molar-refractivity contribution < 1.29 is 21.6 Å². The summed E-state index contributed by atoms with van der Waals surface area (Å²) in [4.78, 5) is -0.730. The van der Waals surface area contributed by atoms with Crippen molar-refractivity contribution in [2.45, 2.75) is 57.7 Å². The average molecular weight is 536 g/mol. The van der Waals surface area contributed by atoms with Crippen molar-refractivity contribution in [1.82, 2.24) is 10.9 Å². The zero-order valence-electron chi connectivity index (χ0n) is 20.6. The fourth-order valence-electron chi connectivity index (χ4n) is 3.79. The van der Waals surface area contributed by atoms with Gasteiger partial charge in [0, 0.05) is 10.9 Å². The molecule has 0 amide bonds. The molecule has 2 unspecified atom stereocenters. The number of alkyl halides is 3. The molecule has 2 rings (SSSR count). The van der Waals surface area contributed by atoms with Crippen LogP contribution in [0.2, 0.25) is 5.02 Å². The van der Waals surface area contributed by atoms with Crippen LogP contribution >= 0.6 is 11.6 Å². The molecular weight excluding hydrogens is 503 g/mol. The summed E-state index contributed by atoms with van der Waals surface area (Å²) in [6.45, 7) is 9.83. The number of halogens is 4. The zero-order chi connectivity index (χ0) is 27.1. The third-order valence-corrected chi connectivity index (χ3v) is 7.77. The van der Waals surface area contributed by atoms with Crippen LogP contribution in [-0.2, 0) is 16.0 Å². The van der Waals surface area contributed by atoms with Crippen molar-refractivity contribution in [2.24, 2.45) is 16.7 Å². The van der Waals surface area contributed by atoms with Crippen molar-refractivity contribution in [3.63, 3.8) is 0 Å². The second-order valence-corrected chi connectivity index (χ2v) is 10.7. The lowest BCUT2D eigenvalue weighted by atomic mass is 9.85. The molecular formula is C23H33ClF3N5O2S. The van der Waals surface area contributed by atoms with E-state index in [9.17, 15) is 21.6 Å². The van der Waals surface area contributed by atoms with E-state index in [1.54, 1.807) is 0 Å². The smallest absolute Gasteiger partial charge is 0.384 e. The van der Waals surface area contributed by atoms with Crippen molar-refractivity contribution in [3.05, 3.63) is 63.2 Å². The summed E-state index contributed by atoms with van der Waals surface area (Å²) in [6, 6.07) is 6.85. The highest BCUT2D eigenvalue weighted by Crippen LogP contribution is 2.36. The predicted octanol–water partition coefficient (Wildman–Crippen LogP) is 4.19. The van der Waals surface area contributed by atoms with E-state index >= 15 is 0 Å². The maximum absolute atomic E-state index is 12.6. The minimum Gasteiger partial charge on any atom is -0.384 e. The molecule has 0 heterocycles. The van der Waals surface area contributed by atoms with Gasteiger partial charge in [0.15, 0.2) is 9.84 Å². The first-order chi connectivity index (χ1) is 16.1. The quantitative estimate of drug-likeness (QED) is 0.182. The topological polar surface area (TPSA) is 123 Å². The normalized spacial score (nSPS) is 14.1. The van der Waals surface area contributed by atoms with Gasteiger partial charge in [-0.3, -0.25) is 0 Å². The number of hydrogen-bond acceptors (Lipinski definition) is 6. The van der Waals surface area contributed by atoms with Crippen LogP contribution in [0.5, 0.6) is 0 Å². The van der Waals surface area contributed by atoms with Crippen molar-refractivity contribution in [2.75, 3.05) is 12.8 Å². The first-order valence-corrected chi connectivity index (χ1v) is 12.8. The number of amidine groups is 1. The van der Waals surface area contributed by atoms with Gasteiger partial charge in [0.2, 0.25) is 0 Å². The zero-order valence-corrected chi connectivity index (χ0v) is 22.2. The summed E-state index contributed by atoms with van der Waals surface area (Å²) in [5.41, 5.74) is 12.2. The molecule has 0 aliphatic heterocycles. The van der Waals surface area contributed by atoms with Crippen LogP contribution in [0.4, 0.5) is 13.2 Å². The minimum absolute atomic E-state index is 0.0600. The molecule has 0 saturated carbocycles. The number of hydrazine groups is 1. The summed E-state index contributed by atoms with van der Waals surface area (Å²) in [5, 5.41) is 6.94. The number of hydrogen-bond donors (Lipinski definition) is 4. The monoisotopic (exact) mass is 535 g/mol. The molecule has 2 aromatic rings. The molecule has 0 bridgehead atoms. The second-order valence-electron chi connectivity index (χ2n) is 8.00. The van der Waals surface area contributed by atoms with E-state index < -0.39 is 32.2 Å². The number of nitrogens with zero attached hydrogens (tertiary/aromatic N) is 1. The number of sulfone groups is 1. The Balaban J connectivity index is 0.000000355. The van der Waals surface area contributed by atoms with Crippen LogP contribution < -0.4 is 22.4 Å². The molecule has 0 aliphatic rings. The van der Waals surface area contributed by atoms with Crippen LogP contribution in [0.15, 0.2) is 40.3 Å². The first kappa shape index (κ1) is 30.7. The Labute approximate surface area is 210 Å². The molecule has 0 fully saturated rings. The molecule has 0 saturated heterocycles. The summed E-state index contributed by atoms with van der Waals surface area (Å²) in [6.07, 6.45) is -4.73. The lowest BCUT2D eigenvalue weighted by Gasteiger charge is -2.26. The second kappa shape index (κ2) is 12.6. The van der Waals surface area contributed by atoms with Crippen molar-refractivity contribution >= 4 is 27.3 Å². The standard InChI is InChI=1S/C14H25N5.C9H8ClF3O2S/c1-8-6-7-9(2)12(10(8)3)11(4)13(17-5)14(15)18-19-16;1-2-16(14,15)8-4-3-6(10)5-7(8)9(11,12)13/h6-7,11,13,17,19H,16H2,1-5H3,(H2,15,18);3-5H,2H2,1H3. The van der Waals surface area contributed by atoms with E-state index in [1.165, 1.54) is 29.2 Å². The van der Waals surface area contributed by atoms with Crippen LogP contribution in [0, 0.1) is 20.8 Å². The maximum Gasteiger partial charge on any atom is 0.417 e. The third kappa shape index (κ3) is 7.83. The number of likely N-dealkylation sites (N-methyl/N-ethyl adjacent to an activating group) is 1. The molecule has 0 aliphatic carbocycles. The molecule has 35 heavy (non-hydrogen) atoms. The Morgan fingerprint density at radius 2 is 1.71 bits per heavy atom. The van der Waals surface area contributed by atoms with Crippen LogP contribution in [-0.4, -0.2) is 33.1 Å². The van der Waals surface area contributed by atoms with Gasteiger partial charge in [0.25, 0.3) is 0 Å². The van der Waals surface area contributed by atoms with E-state index in [2.05, 4.69) is 55.8 Å². The lowest BCUT2D eigenvalue weighted by molar-refractivity contribution is -0.139. The number of nitrogens with one attached hydrogen (secondary N) is 2. The molecule has 2 atom stereocenters. The number of benzene rings is 2. The van der Waals surface area contributed by atoms with Gasteiger partial charge >= 0.3 is 6.18 Å². The highest BCUT2D eigenvalue weighted by molar-refractivity contribution is 7.91. The van der Waals surface area contributed by atoms with Crippen molar-refractivity contribution in [3.8, 4) is 0 Å². The Morgan fingerprint density at radius 3 is 2.20 bits per heavy atom. The fourth-order valence-corrected chi connectivity index (χ4v) is 5.06.